The van der Waals surface area contributed by atoms with Gasteiger partial charge in [0.1, 0.15) is 0 Å². The van der Waals surface area contributed by atoms with E-state index in [2.05, 4.69) is 16.3 Å². The Kier molecular flexibility index (Phi) is 3.06. The third kappa shape index (κ3) is 2.26. The van der Waals surface area contributed by atoms with Crippen LogP contribution in [0.25, 0.3) is 11.3 Å². The zero-order valence-corrected chi connectivity index (χ0v) is 9.95. The van der Waals surface area contributed by atoms with Gasteiger partial charge in [-0.1, -0.05) is 17.7 Å². The van der Waals surface area contributed by atoms with Crippen molar-refractivity contribution in [2.24, 2.45) is 5.73 Å². The van der Waals surface area contributed by atoms with Gasteiger partial charge in [-0.05, 0) is 31.5 Å². The SMILES string of the molecule is Cc1ccc(C)c(-c2cc(CN)c(=O)[nH]n2)c1. The zero-order valence-electron chi connectivity index (χ0n) is 9.95. The quantitative estimate of drug-likeness (QED) is 0.820. The fourth-order valence-electron chi connectivity index (χ4n) is 1.75. The average Bonchev–Trinajstić information content (AvgIpc) is 2.33. The molecule has 3 N–H and O–H groups in total. The van der Waals surface area contributed by atoms with Crippen LogP contribution >= 0.6 is 0 Å². The normalized spacial score (nSPS) is 10.5. The molecule has 4 heteroatoms. The molecule has 0 atom stereocenters. The third-order valence-electron chi connectivity index (χ3n) is 2.77. The van der Waals surface area contributed by atoms with Crippen LogP contribution in [-0.2, 0) is 6.54 Å². The number of aromatic amines is 1. The molecule has 0 bridgehead atoms. The standard InChI is InChI=1S/C13H15N3O/c1-8-3-4-9(2)11(5-8)12-6-10(7-14)13(17)16-15-12/h3-6H,7,14H2,1-2H3,(H,16,17). The molecular formula is C13H15N3O. The predicted molar refractivity (Wildman–Crippen MR) is 67.7 cm³/mol. The summed E-state index contributed by atoms with van der Waals surface area (Å²) in [6.45, 7) is 4.26. The molecule has 0 saturated carbocycles. The van der Waals surface area contributed by atoms with Crippen LogP contribution in [0.5, 0.6) is 0 Å². The summed E-state index contributed by atoms with van der Waals surface area (Å²) < 4.78 is 0. The summed E-state index contributed by atoms with van der Waals surface area (Å²) in [5.41, 5.74) is 9.91. The van der Waals surface area contributed by atoms with E-state index in [1.165, 1.54) is 0 Å². The predicted octanol–water partition coefficient (Wildman–Crippen LogP) is 1.51. The number of nitrogens with zero attached hydrogens (tertiary/aromatic N) is 1. The number of aryl methyl sites for hydroxylation is 2. The molecule has 0 unspecified atom stereocenters. The van der Waals surface area contributed by atoms with Crippen molar-refractivity contribution in [2.75, 3.05) is 0 Å². The summed E-state index contributed by atoms with van der Waals surface area (Å²) in [7, 11) is 0. The molecule has 0 amide bonds. The topological polar surface area (TPSA) is 71.8 Å². The Balaban J connectivity index is 2.60. The Morgan fingerprint density at radius 1 is 1.29 bits per heavy atom. The number of H-pyrrole nitrogens is 1. The molecule has 2 aromatic rings. The molecule has 0 fully saturated rings. The van der Waals surface area contributed by atoms with Crippen molar-refractivity contribution in [1.82, 2.24) is 10.2 Å². The van der Waals surface area contributed by atoms with Crippen LogP contribution in [0.15, 0.2) is 29.1 Å². The first-order valence-electron chi connectivity index (χ1n) is 5.48. The molecule has 0 aliphatic rings. The highest BCUT2D eigenvalue weighted by Gasteiger charge is 2.06. The van der Waals surface area contributed by atoms with E-state index < -0.39 is 0 Å². The molecule has 1 heterocycles. The van der Waals surface area contributed by atoms with Gasteiger partial charge < -0.3 is 5.73 Å². The molecule has 88 valence electrons. The van der Waals surface area contributed by atoms with Crippen molar-refractivity contribution in [3.05, 3.63) is 51.3 Å². The minimum absolute atomic E-state index is 0.218. The second-order valence-electron chi connectivity index (χ2n) is 4.13. The van der Waals surface area contributed by atoms with Crippen molar-refractivity contribution < 1.29 is 0 Å². The number of nitrogens with one attached hydrogen (secondary N) is 1. The summed E-state index contributed by atoms with van der Waals surface area (Å²) in [6, 6.07) is 7.89. The minimum atomic E-state index is -0.221. The Morgan fingerprint density at radius 3 is 2.76 bits per heavy atom. The van der Waals surface area contributed by atoms with Crippen molar-refractivity contribution in [3.63, 3.8) is 0 Å². The summed E-state index contributed by atoms with van der Waals surface area (Å²) >= 11 is 0. The largest absolute Gasteiger partial charge is 0.326 e. The Hall–Kier alpha value is -1.94. The van der Waals surface area contributed by atoms with Crippen molar-refractivity contribution in [1.29, 1.82) is 0 Å². The Labute approximate surface area is 99.5 Å². The van der Waals surface area contributed by atoms with Crippen LogP contribution in [0.3, 0.4) is 0 Å². The molecule has 0 saturated heterocycles. The summed E-state index contributed by atoms with van der Waals surface area (Å²) in [5.74, 6) is 0. The number of rotatable bonds is 2. The first-order chi connectivity index (χ1) is 8.11. The van der Waals surface area contributed by atoms with Gasteiger partial charge in [0.2, 0.25) is 0 Å². The summed E-state index contributed by atoms with van der Waals surface area (Å²) in [4.78, 5) is 11.4. The maximum atomic E-state index is 11.4. The third-order valence-corrected chi connectivity index (χ3v) is 2.77. The van der Waals surface area contributed by atoms with Gasteiger partial charge in [-0.25, -0.2) is 5.10 Å². The molecule has 4 nitrogen and oxygen atoms in total. The van der Waals surface area contributed by atoms with Crippen LogP contribution in [0.4, 0.5) is 0 Å². The van der Waals surface area contributed by atoms with E-state index in [-0.39, 0.29) is 12.1 Å². The summed E-state index contributed by atoms with van der Waals surface area (Å²) in [5, 5.41) is 6.55. The first-order valence-corrected chi connectivity index (χ1v) is 5.48. The zero-order chi connectivity index (χ0) is 12.4. The van der Waals surface area contributed by atoms with Crippen LogP contribution in [0.2, 0.25) is 0 Å². The molecule has 0 radical (unpaired) electrons. The fraction of sp³-hybridized carbons (Fsp3) is 0.231. The van der Waals surface area contributed by atoms with E-state index >= 15 is 0 Å². The smallest absolute Gasteiger partial charge is 0.268 e. The minimum Gasteiger partial charge on any atom is -0.326 e. The number of benzene rings is 1. The Bertz CT molecular complexity index is 602. The van der Waals surface area contributed by atoms with E-state index in [1.807, 2.05) is 26.0 Å². The first kappa shape index (κ1) is 11.5. The molecule has 1 aromatic heterocycles. The van der Waals surface area contributed by atoms with Gasteiger partial charge in [0.05, 0.1) is 5.69 Å². The van der Waals surface area contributed by atoms with E-state index in [1.54, 1.807) is 6.07 Å². The lowest BCUT2D eigenvalue weighted by Gasteiger charge is -2.07. The molecule has 0 spiro atoms. The average molecular weight is 229 g/mol. The number of aromatic nitrogens is 2. The van der Waals surface area contributed by atoms with E-state index in [4.69, 9.17) is 5.73 Å². The number of nitrogens with two attached hydrogens (primary N) is 1. The van der Waals surface area contributed by atoms with Gasteiger partial charge in [-0.3, -0.25) is 4.79 Å². The lowest BCUT2D eigenvalue weighted by Crippen LogP contribution is -2.17. The van der Waals surface area contributed by atoms with E-state index in [9.17, 15) is 4.79 Å². The number of hydrogen-bond donors (Lipinski definition) is 2. The second kappa shape index (κ2) is 4.51. The van der Waals surface area contributed by atoms with Gasteiger partial charge in [0.25, 0.3) is 5.56 Å². The van der Waals surface area contributed by atoms with E-state index in [0.29, 0.717) is 5.56 Å². The van der Waals surface area contributed by atoms with E-state index in [0.717, 1.165) is 22.4 Å². The van der Waals surface area contributed by atoms with Gasteiger partial charge in [-0.15, -0.1) is 0 Å². The van der Waals surface area contributed by atoms with Gasteiger partial charge in [0, 0.05) is 17.7 Å². The monoisotopic (exact) mass is 229 g/mol. The molecule has 2 rings (SSSR count). The molecular weight excluding hydrogens is 214 g/mol. The molecule has 0 aliphatic heterocycles. The van der Waals surface area contributed by atoms with Crippen LogP contribution < -0.4 is 11.3 Å². The maximum absolute atomic E-state index is 11.4. The fourth-order valence-corrected chi connectivity index (χ4v) is 1.75. The highest BCUT2D eigenvalue weighted by atomic mass is 16.1. The lowest BCUT2D eigenvalue weighted by molar-refractivity contribution is 0.929. The van der Waals surface area contributed by atoms with Gasteiger partial charge in [-0.2, -0.15) is 5.10 Å². The Morgan fingerprint density at radius 2 is 2.06 bits per heavy atom. The van der Waals surface area contributed by atoms with Crippen molar-refractivity contribution in [2.45, 2.75) is 20.4 Å². The van der Waals surface area contributed by atoms with Gasteiger partial charge >= 0.3 is 0 Å². The van der Waals surface area contributed by atoms with Crippen LogP contribution in [-0.4, -0.2) is 10.2 Å². The van der Waals surface area contributed by atoms with Crippen LogP contribution in [0, 0.1) is 13.8 Å². The van der Waals surface area contributed by atoms with Crippen molar-refractivity contribution >= 4 is 0 Å². The van der Waals surface area contributed by atoms with Crippen LogP contribution in [0.1, 0.15) is 16.7 Å². The highest BCUT2D eigenvalue weighted by Crippen LogP contribution is 2.21. The highest BCUT2D eigenvalue weighted by molar-refractivity contribution is 5.64. The summed E-state index contributed by atoms with van der Waals surface area (Å²) in [6.07, 6.45) is 0. The molecule has 0 aliphatic carbocycles. The molecule has 1 aromatic carbocycles. The maximum Gasteiger partial charge on any atom is 0.268 e. The van der Waals surface area contributed by atoms with Gasteiger partial charge in [0.15, 0.2) is 0 Å². The second-order valence-corrected chi connectivity index (χ2v) is 4.13. The lowest BCUT2D eigenvalue weighted by atomic mass is 10.0. The number of hydrogen-bond acceptors (Lipinski definition) is 3. The molecule has 17 heavy (non-hydrogen) atoms. The van der Waals surface area contributed by atoms with Crippen molar-refractivity contribution in [3.8, 4) is 11.3 Å².